The van der Waals surface area contributed by atoms with Gasteiger partial charge in [-0.1, -0.05) is 33.8 Å². The molecule has 0 aliphatic heterocycles. The third-order valence-electron chi connectivity index (χ3n) is 6.90. The van der Waals surface area contributed by atoms with E-state index in [1.165, 1.54) is 0 Å². The molecule has 4 rings (SSSR count). The number of hydrogen-bond acceptors (Lipinski definition) is 3. The van der Waals surface area contributed by atoms with Crippen LogP contribution in [0, 0.1) is 17.3 Å². The van der Waals surface area contributed by atoms with E-state index in [4.69, 9.17) is 0 Å². The van der Waals surface area contributed by atoms with Gasteiger partial charge < -0.3 is 10.2 Å². The Kier molecular flexibility index (Phi) is 4.25. The van der Waals surface area contributed by atoms with Crippen LogP contribution in [0.15, 0.2) is 24.8 Å². The van der Waals surface area contributed by atoms with Crippen molar-refractivity contribution in [3.05, 3.63) is 35.9 Å². The number of Topliss-reactive ketones (excluding diaryl/α,β-unsaturated/α-hetero) is 1. The van der Waals surface area contributed by atoms with E-state index in [9.17, 15) is 15.0 Å². The van der Waals surface area contributed by atoms with E-state index in [1.54, 1.807) is 12.1 Å². The number of aromatic hydroxyl groups is 2. The summed E-state index contributed by atoms with van der Waals surface area (Å²) in [5, 5.41) is 21.4. The van der Waals surface area contributed by atoms with Crippen molar-refractivity contribution in [1.29, 1.82) is 0 Å². The molecule has 0 amide bonds. The third kappa shape index (κ3) is 2.78. The summed E-state index contributed by atoms with van der Waals surface area (Å²) >= 11 is 0. The zero-order valence-corrected chi connectivity index (χ0v) is 15.8. The van der Waals surface area contributed by atoms with Gasteiger partial charge in [0.15, 0.2) is 0 Å². The normalized spacial score (nSPS) is 27.7. The lowest BCUT2D eigenvalue weighted by atomic mass is 9.44. The van der Waals surface area contributed by atoms with Crippen molar-refractivity contribution in [2.24, 2.45) is 17.3 Å². The predicted molar refractivity (Wildman–Crippen MR) is 100.0 cm³/mol. The molecule has 0 radical (unpaired) electrons. The van der Waals surface area contributed by atoms with Gasteiger partial charge in [-0.05, 0) is 53.7 Å². The Morgan fingerprint density at radius 3 is 2.36 bits per heavy atom. The van der Waals surface area contributed by atoms with Crippen LogP contribution in [0.3, 0.4) is 0 Å². The van der Waals surface area contributed by atoms with Gasteiger partial charge in [0, 0.05) is 23.8 Å². The van der Waals surface area contributed by atoms with Crippen LogP contribution in [0.2, 0.25) is 0 Å². The van der Waals surface area contributed by atoms with Gasteiger partial charge in [-0.25, -0.2) is 0 Å². The number of rotatable bonds is 5. The van der Waals surface area contributed by atoms with E-state index < -0.39 is 0 Å². The topological polar surface area (TPSA) is 57.5 Å². The number of allylic oxidation sites excluding steroid dienone is 1. The molecule has 25 heavy (non-hydrogen) atoms. The Bertz CT molecular complexity index is 691. The number of carbonyl (C=O) groups is 1. The van der Waals surface area contributed by atoms with Crippen molar-refractivity contribution in [3.63, 3.8) is 0 Å². The van der Waals surface area contributed by atoms with Crippen LogP contribution in [-0.4, -0.2) is 16.0 Å². The Labute approximate surface area is 150 Å². The SMILES string of the molecule is C=CCCC(C)(C)c1cc(O)c(C2CC(=O)[C@@H]3C[C@H]2C3(C)C)c(O)c1. The highest BCUT2D eigenvalue weighted by Gasteiger charge is 2.59. The van der Waals surface area contributed by atoms with Crippen molar-refractivity contribution in [1.82, 2.24) is 0 Å². The van der Waals surface area contributed by atoms with Gasteiger partial charge >= 0.3 is 0 Å². The highest BCUT2D eigenvalue weighted by atomic mass is 16.3. The van der Waals surface area contributed by atoms with E-state index in [2.05, 4.69) is 34.3 Å². The van der Waals surface area contributed by atoms with Gasteiger partial charge in [0.05, 0.1) is 0 Å². The monoisotopic (exact) mass is 342 g/mol. The Morgan fingerprint density at radius 2 is 1.88 bits per heavy atom. The molecule has 136 valence electrons. The number of benzene rings is 1. The van der Waals surface area contributed by atoms with Crippen molar-refractivity contribution in [2.75, 3.05) is 0 Å². The number of ketones is 1. The average molecular weight is 342 g/mol. The van der Waals surface area contributed by atoms with Gasteiger partial charge in [-0.15, -0.1) is 6.58 Å². The summed E-state index contributed by atoms with van der Waals surface area (Å²) in [6.45, 7) is 12.3. The molecule has 3 atom stereocenters. The lowest BCUT2D eigenvalue weighted by Gasteiger charge is -2.59. The van der Waals surface area contributed by atoms with Crippen LogP contribution < -0.4 is 0 Å². The largest absolute Gasteiger partial charge is 0.508 e. The maximum absolute atomic E-state index is 12.4. The molecule has 0 aromatic heterocycles. The zero-order valence-electron chi connectivity index (χ0n) is 15.8. The Hall–Kier alpha value is -1.77. The second kappa shape index (κ2) is 5.89. The molecule has 1 aromatic carbocycles. The first-order chi connectivity index (χ1) is 11.6. The Balaban J connectivity index is 1.96. The van der Waals surface area contributed by atoms with E-state index in [-0.39, 0.29) is 39.9 Å². The van der Waals surface area contributed by atoms with Gasteiger partial charge in [0.25, 0.3) is 0 Å². The molecule has 2 N–H and O–H groups in total. The van der Waals surface area contributed by atoms with E-state index in [1.807, 2.05) is 6.08 Å². The lowest BCUT2D eigenvalue weighted by molar-refractivity contribution is -0.151. The van der Waals surface area contributed by atoms with Crippen LogP contribution in [0.4, 0.5) is 0 Å². The fourth-order valence-corrected chi connectivity index (χ4v) is 4.99. The Morgan fingerprint density at radius 1 is 1.28 bits per heavy atom. The van der Waals surface area contributed by atoms with Crippen molar-refractivity contribution in [2.45, 2.75) is 64.7 Å². The highest BCUT2D eigenvalue weighted by molar-refractivity contribution is 5.86. The van der Waals surface area contributed by atoms with Crippen molar-refractivity contribution in [3.8, 4) is 11.5 Å². The minimum Gasteiger partial charge on any atom is -0.508 e. The summed E-state index contributed by atoms with van der Waals surface area (Å²) in [6, 6.07) is 3.56. The van der Waals surface area contributed by atoms with Crippen LogP contribution in [0.25, 0.3) is 0 Å². The first-order valence-electron chi connectivity index (χ1n) is 9.29. The minimum absolute atomic E-state index is 0.0409. The maximum Gasteiger partial charge on any atom is 0.137 e. The van der Waals surface area contributed by atoms with Crippen LogP contribution in [-0.2, 0) is 10.2 Å². The molecule has 3 nitrogen and oxygen atoms in total. The third-order valence-corrected chi connectivity index (χ3v) is 6.90. The molecule has 0 heterocycles. The summed E-state index contributed by atoms with van der Waals surface area (Å²) in [6.07, 6.45) is 4.97. The van der Waals surface area contributed by atoms with Crippen molar-refractivity contribution >= 4 is 5.78 Å². The second-order valence-electron chi connectivity index (χ2n) is 9.13. The van der Waals surface area contributed by atoms with Gasteiger partial charge in [-0.2, -0.15) is 0 Å². The van der Waals surface area contributed by atoms with Gasteiger partial charge in [0.1, 0.15) is 17.3 Å². The molecular formula is C22H30O3. The molecule has 2 bridgehead atoms. The molecule has 3 saturated carbocycles. The minimum atomic E-state index is -0.162. The molecule has 3 fully saturated rings. The quantitative estimate of drug-likeness (QED) is 0.735. The molecule has 1 unspecified atom stereocenters. The van der Waals surface area contributed by atoms with Crippen LogP contribution >= 0.6 is 0 Å². The molecule has 1 aromatic rings. The second-order valence-corrected chi connectivity index (χ2v) is 9.13. The number of phenolic OH excluding ortho intramolecular Hbond substituents is 2. The molecule has 3 heteroatoms. The molecule has 0 spiro atoms. The molecule has 0 saturated heterocycles. The van der Waals surface area contributed by atoms with Crippen molar-refractivity contribution < 1.29 is 15.0 Å². The fraction of sp³-hybridized carbons (Fsp3) is 0.591. The van der Waals surface area contributed by atoms with Gasteiger partial charge in [0.2, 0.25) is 0 Å². The highest BCUT2D eigenvalue weighted by Crippen LogP contribution is 2.64. The van der Waals surface area contributed by atoms with Crippen LogP contribution in [0.5, 0.6) is 11.5 Å². The van der Waals surface area contributed by atoms with Gasteiger partial charge in [-0.3, -0.25) is 4.79 Å². The number of carbonyl (C=O) groups excluding carboxylic acids is 1. The molecular weight excluding hydrogens is 312 g/mol. The number of hydrogen-bond donors (Lipinski definition) is 2. The van der Waals surface area contributed by atoms with E-state index >= 15 is 0 Å². The first kappa shape index (κ1) is 18.0. The maximum atomic E-state index is 12.4. The zero-order chi connectivity index (χ0) is 18.6. The summed E-state index contributed by atoms with van der Waals surface area (Å²) in [5.41, 5.74) is 1.28. The smallest absolute Gasteiger partial charge is 0.137 e. The van der Waals surface area contributed by atoms with E-state index in [0.29, 0.717) is 17.9 Å². The summed E-state index contributed by atoms with van der Waals surface area (Å²) < 4.78 is 0. The predicted octanol–water partition coefficient (Wildman–Crippen LogP) is 5.06. The molecule has 3 aliphatic carbocycles. The summed E-state index contributed by atoms with van der Waals surface area (Å²) in [7, 11) is 0. The number of fused-ring (bicyclic) bond motifs is 2. The summed E-state index contributed by atoms with van der Waals surface area (Å²) in [4.78, 5) is 12.4. The lowest BCUT2D eigenvalue weighted by Crippen LogP contribution is -2.56. The fourth-order valence-electron chi connectivity index (χ4n) is 4.99. The average Bonchev–Trinajstić information content (AvgIpc) is 2.51. The number of phenols is 2. The summed E-state index contributed by atoms with van der Waals surface area (Å²) in [5.74, 6) is 0.924. The first-order valence-corrected chi connectivity index (χ1v) is 9.29. The van der Waals surface area contributed by atoms with E-state index in [0.717, 1.165) is 24.8 Å². The molecule has 3 aliphatic rings. The van der Waals surface area contributed by atoms with Crippen LogP contribution in [0.1, 0.15) is 70.4 Å². The standard InChI is InChI=1S/C22H30O3/c1-6-7-8-21(2,3)13-9-18(24)20(19(25)10-13)14-11-17(23)16-12-15(14)22(16,4)5/h6,9-10,14-16,24-25H,1,7-8,11-12H2,2-5H3/t14?,15-,16+/m1/s1.